The molecule has 1 heterocycles. The van der Waals surface area contributed by atoms with Crippen LogP contribution in [0.3, 0.4) is 0 Å². The average Bonchev–Trinajstić information content (AvgIpc) is 2.56. The summed E-state index contributed by atoms with van der Waals surface area (Å²) >= 11 is 0. The number of amides is 1. The van der Waals surface area contributed by atoms with Crippen molar-refractivity contribution in [2.24, 2.45) is 0 Å². The van der Waals surface area contributed by atoms with Gasteiger partial charge in [-0.25, -0.2) is 4.79 Å². The predicted molar refractivity (Wildman–Crippen MR) is 55.2 cm³/mol. The van der Waals surface area contributed by atoms with E-state index in [9.17, 15) is 9.59 Å². The molecule has 0 fully saturated rings. The normalized spacial score (nSPS) is 10.2. The first kappa shape index (κ1) is 9.32. The van der Waals surface area contributed by atoms with Crippen LogP contribution < -0.4 is 15.7 Å². The van der Waals surface area contributed by atoms with E-state index in [1.165, 1.54) is 7.11 Å². The molecule has 0 bridgehead atoms. The zero-order valence-corrected chi connectivity index (χ0v) is 7.96. The lowest BCUT2D eigenvalue weighted by Gasteiger charge is -2.06. The number of carbonyl (C=O) groups excluding carboxylic acids is 1. The molecule has 6 heteroatoms. The fourth-order valence-electron chi connectivity index (χ4n) is 1.41. The van der Waals surface area contributed by atoms with Crippen molar-refractivity contribution in [3.8, 4) is 5.75 Å². The van der Waals surface area contributed by atoms with Crippen LogP contribution in [0.2, 0.25) is 0 Å². The van der Waals surface area contributed by atoms with Crippen molar-refractivity contribution >= 4 is 23.1 Å². The van der Waals surface area contributed by atoms with Crippen LogP contribution in [0.1, 0.15) is 0 Å². The first-order valence-corrected chi connectivity index (χ1v) is 4.25. The highest BCUT2D eigenvalue weighted by molar-refractivity contribution is 5.86. The second kappa shape index (κ2) is 3.49. The Balaban J connectivity index is 2.67. The van der Waals surface area contributed by atoms with Crippen LogP contribution in [0.25, 0.3) is 11.0 Å². The summed E-state index contributed by atoms with van der Waals surface area (Å²) in [6.07, 6.45) is 0.550. The largest absolute Gasteiger partial charge is 0.494 e. The molecule has 2 aromatic rings. The maximum absolute atomic E-state index is 11.0. The summed E-state index contributed by atoms with van der Waals surface area (Å²) < 4.78 is 5.06. The number of hydrogen-bond donors (Lipinski definition) is 3. The Hall–Kier alpha value is -2.24. The SMILES string of the molecule is COc1cc2[nH]c(=O)[nH]c2cc1NC=O. The Bertz CT molecular complexity index is 555. The van der Waals surface area contributed by atoms with E-state index in [0.717, 1.165) is 0 Å². The minimum atomic E-state index is -0.296. The van der Waals surface area contributed by atoms with Crippen LogP contribution in [0.4, 0.5) is 5.69 Å². The molecule has 1 aromatic heterocycles. The molecule has 6 nitrogen and oxygen atoms in total. The number of fused-ring (bicyclic) bond motifs is 1. The minimum absolute atomic E-state index is 0.296. The third kappa shape index (κ3) is 1.56. The summed E-state index contributed by atoms with van der Waals surface area (Å²) in [6, 6.07) is 3.26. The van der Waals surface area contributed by atoms with Gasteiger partial charge >= 0.3 is 5.69 Å². The van der Waals surface area contributed by atoms with Gasteiger partial charge in [-0.3, -0.25) is 4.79 Å². The van der Waals surface area contributed by atoms with Crippen molar-refractivity contribution in [2.45, 2.75) is 0 Å². The summed E-state index contributed by atoms with van der Waals surface area (Å²) in [4.78, 5) is 26.5. The van der Waals surface area contributed by atoms with Crippen LogP contribution in [-0.2, 0) is 4.79 Å². The topological polar surface area (TPSA) is 87.0 Å². The van der Waals surface area contributed by atoms with E-state index in [4.69, 9.17) is 4.74 Å². The maximum atomic E-state index is 11.0. The fourth-order valence-corrected chi connectivity index (χ4v) is 1.41. The Labute approximate surface area is 84.3 Å². The zero-order valence-electron chi connectivity index (χ0n) is 7.96. The van der Waals surface area contributed by atoms with Crippen LogP contribution in [0.5, 0.6) is 5.75 Å². The number of benzene rings is 1. The molecule has 1 aromatic carbocycles. The summed E-state index contributed by atoms with van der Waals surface area (Å²) in [5.41, 5.74) is 1.46. The third-order valence-electron chi connectivity index (χ3n) is 2.05. The van der Waals surface area contributed by atoms with Gasteiger partial charge in [0, 0.05) is 6.07 Å². The number of anilines is 1. The van der Waals surface area contributed by atoms with Gasteiger partial charge < -0.3 is 20.0 Å². The number of imidazole rings is 1. The van der Waals surface area contributed by atoms with E-state index in [2.05, 4.69) is 15.3 Å². The van der Waals surface area contributed by atoms with Gasteiger partial charge in [0.1, 0.15) is 5.75 Å². The number of nitrogens with one attached hydrogen (secondary N) is 3. The third-order valence-corrected chi connectivity index (χ3v) is 2.05. The average molecular weight is 207 g/mol. The van der Waals surface area contributed by atoms with Crippen molar-refractivity contribution in [1.82, 2.24) is 9.97 Å². The molecular weight excluding hydrogens is 198 g/mol. The number of carbonyl (C=O) groups is 1. The van der Waals surface area contributed by atoms with E-state index in [-0.39, 0.29) is 5.69 Å². The number of hydrogen-bond acceptors (Lipinski definition) is 3. The van der Waals surface area contributed by atoms with Crippen LogP contribution >= 0.6 is 0 Å². The first-order valence-electron chi connectivity index (χ1n) is 4.25. The molecule has 3 N–H and O–H groups in total. The van der Waals surface area contributed by atoms with Crippen LogP contribution in [-0.4, -0.2) is 23.5 Å². The highest BCUT2D eigenvalue weighted by Crippen LogP contribution is 2.27. The lowest BCUT2D eigenvalue weighted by Crippen LogP contribution is -1.99. The van der Waals surface area contributed by atoms with Gasteiger partial charge in [0.2, 0.25) is 6.41 Å². The smallest absolute Gasteiger partial charge is 0.323 e. The van der Waals surface area contributed by atoms with Gasteiger partial charge in [-0.05, 0) is 6.07 Å². The van der Waals surface area contributed by atoms with Crippen LogP contribution in [0.15, 0.2) is 16.9 Å². The molecule has 0 aliphatic rings. The van der Waals surface area contributed by atoms with Gasteiger partial charge in [-0.1, -0.05) is 0 Å². The molecule has 0 aliphatic carbocycles. The second-order valence-corrected chi connectivity index (χ2v) is 2.94. The van der Waals surface area contributed by atoms with E-state index < -0.39 is 0 Å². The van der Waals surface area contributed by atoms with Crippen molar-refractivity contribution in [3.05, 3.63) is 22.6 Å². The van der Waals surface area contributed by atoms with E-state index >= 15 is 0 Å². The van der Waals surface area contributed by atoms with E-state index in [0.29, 0.717) is 28.9 Å². The van der Waals surface area contributed by atoms with Gasteiger partial charge in [-0.2, -0.15) is 0 Å². The number of rotatable bonds is 3. The van der Waals surface area contributed by atoms with E-state index in [1.807, 2.05) is 0 Å². The Kier molecular flexibility index (Phi) is 2.17. The number of aromatic nitrogens is 2. The van der Waals surface area contributed by atoms with Gasteiger partial charge in [0.05, 0.1) is 23.8 Å². The van der Waals surface area contributed by atoms with E-state index in [1.54, 1.807) is 12.1 Å². The molecule has 0 radical (unpaired) electrons. The number of H-pyrrole nitrogens is 2. The quantitative estimate of drug-likeness (QED) is 0.638. The summed E-state index contributed by atoms with van der Waals surface area (Å²) in [5.74, 6) is 0.491. The van der Waals surface area contributed by atoms with Crippen LogP contribution in [0, 0.1) is 0 Å². The Morgan fingerprint density at radius 2 is 2.00 bits per heavy atom. The number of aromatic amines is 2. The monoisotopic (exact) mass is 207 g/mol. The number of methoxy groups -OCH3 is 1. The molecule has 2 rings (SSSR count). The van der Waals surface area contributed by atoms with Crippen molar-refractivity contribution in [2.75, 3.05) is 12.4 Å². The van der Waals surface area contributed by atoms with Gasteiger partial charge in [0.15, 0.2) is 0 Å². The van der Waals surface area contributed by atoms with Crippen molar-refractivity contribution in [3.63, 3.8) is 0 Å². The Morgan fingerprint density at radius 3 is 2.60 bits per heavy atom. The summed E-state index contributed by atoms with van der Waals surface area (Å²) in [7, 11) is 1.49. The molecule has 1 amide bonds. The summed E-state index contributed by atoms with van der Waals surface area (Å²) in [5, 5.41) is 2.49. The van der Waals surface area contributed by atoms with Crippen molar-refractivity contribution in [1.29, 1.82) is 0 Å². The standard InChI is InChI=1S/C9H9N3O3/c1-15-8-3-6-5(11-9(14)12-6)2-7(8)10-4-13/h2-4H,1H3,(H,10,13)(H2,11,12,14). The highest BCUT2D eigenvalue weighted by Gasteiger charge is 2.06. The first-order chi connectivity index (χ1) is 7.24. The molecule has 15 heavy (non-hydrogen) atoms. The minimum Gasteiger partial charge on any atom is -0.494 e. The summed E-state index contributed by atoms with van der Waals surface area (Å²) in [6.45, 7) is 0. The molecule has 78 valence electrons. The zero-order chi connectivity index (χ0) is 10.8. The lowest BCUT2D eigenvalue weighted by atomic mass is 10.2. The predicted octanol–water partition coefficient (Wildman–Crippen LogP) is 0.433. The Morgan fingerprint density at radius 1 is 1.33 bits per heavy atom. The highest BCUT2D eigenvalue weighted by atomic mass is 16.5. The lowest BCUT2D eigenvalue weighted by molar-refractivity contribution is -0.105. The molecule has 0 aliphatic heterocycles. The molecule has 0 saturated carbocycles. The second-order valence-electron chi connectivity index (χ2n) is 2.94. The fraction of sp³-hybridized carbons (Fsp3) is 0.111. The molecule has 0 saturated heterocycles. The molecule has 0 atom stereocenters. The number of ether oxygens (including phenoxy) is 1. The molecular formula is C9H9N3O3. The maximum Gasteiger partial charge on any atom is 0.323 e. The van der Waals surface area contributed by atoms with Gasteiger partial charge in [-0.15, -0.1) is 0 Å². The molecule has 0 spiro atoms. The van der Waals surface area contributed by atoms with Gasteiger partial charge in [0.25, 0.3) is 0 Å². The van der Waals surface area contributed by atoms with Crippen molar-refractivity contribution < 1.29 is 9.53 Å². The molecule has 0 unspecified atom stereocenters.